The average molecular weight is 379 g/mol. The number of hydrogen-bond acceptors (Lipinski definition) is 6. The molecular formula is C12H9BrF2N2O3S. The van der Waals surface area contributed by atoms with E-state index in [1.165, 1.54) is 6.07 Å². The van der Waals surface area contributed by atoms with Gasteiger partial charge in [-0.25, -0.2) is 13.6 Å². The number of rotatable bonds is 5. The number of aromatic nitrogens is 2. The maximum atomic E-state index is 13.8. The second-order valence-corrected chi connectivity index (χ2v) is 5.48. The van der Waals surface area contributed by atoms with Crippen molar-refractivity contribution >= 4 is 33.7 Å². The van der Waals surface area contributed by atoms with Crippen LogP contribution in [0.15, 0.2) is 26.2 Å². The van der Waals surface area contributed by atoms with Gasteiger partial charge in [-0.2, -0.15) is 0 Å². The van der Waals surface area contributed by atoms with Crippen LogP contribution < -0.4 is 0 Å². The first-order valence-electron chi connectivity index (χ1n) is 5.78. The first-order valence-corrected chi connectivity index (χ1v) is 7.56. The van der Waals surface area contributed by atoms with Gasteiger partial charge in [-0.05, 0) is 35.0 Å². The highest BCUT2D eigenvalue weighted by Gasteiger charge is 2.18. The standard InChI is InChI=1S/C12H9BrF2N2O3S/c1-2-19-11(18)10-16-17-12(20-10)21-5-6-8(14)4-3-7(13)9(6)15/h3-4H,2,5H2,1H3. The summed E-state index contributed by atoms with van der Waals surface area (Å²) in [4.78, 5) is 11.3. The molecule has 0 amide bonds. The summed E-state index contributed by atoms with van der Waals surface area (Å²) in [6.45, 7) is 1.82. The monoisotopic (exact) mass is 378 g/mol. The zero-order valence-electron chi connectivity index (χ0n) is 10.7. The van der Waals surface area contributed by atoms with Gasteiger partial charge in [-0.15, -0.1) is 5.10 Å². The van der Waals surface area contributed by atoms with E-state index in [1.807, 2.05) is 0 Å². The van der Waals surface area contributed by atoms with Gasteiger partial charge in [0.2, 0.25) is 0 Å². The molecule has 0 saturated heterocycles. The molecule has 0 saturated carbocycles. The summed E-state index contributed by atoms with van der Waals surface area (Å²) in [5, 5.41) is 7.13. The van der Waals surface area contributed by atoms with Crippen molar-refractivity contribution < 1.29 is 22.7 Å². The number of carbonyl (C=O) groups excluding carboxylic acids is 1. The first kappa shape index (κ1) is 15.9. The fourth-order valence-electron chi connectivity index (χ4n) is 1.38. The first-order chi connectivity index (χ1) is 10.0. The van der Waals surface area contributed by atoms with Crippen molar-refractivity contribution in [3.8, 4) is 0 Å². The van der Waals surface area contributed by atoms with Gasteiger partial charge >= 0.3 is 11.9 Å². The number of ether oxygens (including phenoxy) is 1. The van der Waals surface area contributed by atoms with E-state index in [2.05, 4.69) is 30.9 Å². The van der Waals surface area contributed by atoms with Crippen LogP contribution >= 0.6 is 27.7 Å². The van der Waals surface area contributed by atoms with Gasteiger partial charge in [0.15, 0.2) is 0 Å². The number of benzene rings is 1. The summed E-state index contributed by atoms with van der Waals surface area (Å²) in [5.74, 6) is -2.45. The van der Waals surface area contributed by atoms with Gasteiger partial charge < -0.3 is 9.15 Å². The molecule has 5 nitrogen and oxygen atoms in total. The molecule has 0 aliphatic carbocycles. The molecule has 1 heterocycles. The minimum atomic E-state index is -0.739. The normalized spacial score (nSPS) is 10.7. The van der Waals surface area contributed by atoms with Gasteiger partial charge in [-0.1, -0.05) is 16.9 Å². The summed E-state index contributed by atoms with van der Waals surface area (Å²) in [6, 6.07) is 2.44. The van der Waals surface area contributed by atoms with E-state index in [-0.39, 0.29) is 33.5 Å². The molecular weight excluding hydrogens is 370 g/mol. The molecule has 0 spiro atoms. The Hall–Kier alpha value is -1.48. The number of nitrogens with zero attached hydrogens (tertiary/aromatic N) is 2. The second-order valence-electron chi connectivity index (χ2n) is 3.70. The average Bonchev–Trinajstić information content (AvgIpc) is 2.92. The van der Waals surface area contributed by atoms with E-state index >= 15 is 0 Å². The summed E-state index contributed by atoms with van der Waals surface area (Å²) in [7, 11) is 0. The van der Waals surface area contributed by atoms with Crippen molar-refractivity contribution in [2.24, 2.45) is 0 Å². The minimum Gasteiger partial charge on any atom is -0.459 e. The Morgan fingerprint density at radius 1 is 1.43 bits per heavy atom. The number of esters is 1. The largest absolute Gasteiger partial charge is 0.459 e. The lowest BCUT2D eigenvalue weighted by molar-refractivity contribution is 0.0475. The van der Waals surface area contributed by atoms with Crippen molar-refractivity contribution in [2.75, 3.05) is 6.61 Å². The van der Waals surface area contributed by atoms with Crippen LogP contribution in [0.4, 0.5) is 8.78 Å². The molecule has 0 aliphatic heterocycles. The molecule has 0 unspecified atom stereocenters. The third-order valence-corrected chi connectivity index (χ3v) is 3.79. The van der Waals surface area contributed by atoms with Gasteiger partial charge in [0, 0.05) is 11.3 Å². The van der Waals surface area contributed by atoms with E-state index in [0.29, 0.717) is 0 Å². The predicted octanol–water partition coefficient (Wildman–Crippen LogP) is 3.58. The lowest BCUT2D eigenvalue weighted by Gasteiger charge is -2.04. The van der Waals surface area contributed by atoms with E-state index < -0.39 is 17.6 Å². The molecule has 1 aromatic heterocycles. The Labute approximate surface area is 131 Å². The molecule has 9 heteroatoms. The van der Waals surface area contributed by atoms with E-state index in [4.69, 9.17) is 4.42 Å². The zero-order valence-corrected chi connectivity index (χ0v) is 13.1. The van der Waals surface area contributed by atoms with E-state index in [0.717, 1.165) is 17.8 Å². The third kappa shape index (κ3) is 3.79. The SMILES string of the molecule is CCOC(=O)c1nnc(SCc2c(F)ccc(Br)c2F)o1. The van der Waals surface area contributed by atoms with Crippen molar-refractivity contribution in [1.82, 2.24) is 10.2 Å². The molecule has 2 rings (SSSR count). The third-order valence-electron chi connectivity index (χ3n) is 2.34. The molecule has 0 bridgehead atoms. The van der Waals surface area contributed by atoms with Crippen LogP contribution in [0.1, 0.15) is 23.2 Å². The van der Waals surface area contributed by atoms with Crippen LogP contribution in [0.3, 0.4) is 0 Å². The maximum absolute atomic E-state index is 13.8. The molecule has 0 radical (unpaired) electrons. The number of hydrogen-bond donors (Lipinski definition) is 0. The zero-order chi connectivity index (χ0) is 15.4. The van der Waals surface area contributed by atoms with Crippen molar-refractivity contribution in [3.05, 3.63) is 39.7 Å². The topological polar surface area (TPSA) is 65.2 Å². The van der Waals surface area contributed by atoms with Crippen LogP contribution in [0.2, 0.25) is 0 Å². The Kier molecular flexibility index (Phi) is 5.29. The summed E-state index contributed by atoms with van der Waals surface area (Å²) in [6.07, 6.45) is 0. The Balaban J connectivity index is 2.07. The predicted molar refractivity (Wildman–Crippen MR) is 73.9 cm³/mol. The van der Waals surface area contributed by atoms with Gasteiger partial charge in [-0.3, -0.25) is 0 Å². The maximum Gasteiger partial charge on any atom is 0.396 e. The minimum absolute atomic E-state index is 0.0248. The molecule has 112 valence electrons. The molecule has 0 fully saturated rings. The molecule has 21 heavy (non-hydrogen) atoms. The van der Waals surface area contributed by atoms with E-state index in [9.17, 15) is 13.6 Å². The number of thioether (sulfide) groups is 1. The van der Waals surface area contributed by atoms with Crippen LogP contribution in [0, 0.1) is 11.6 Å². The smallest absolute Gasteiger partial charge is 0.396 e. The van der Waals surface area contributed by atoms with Crippen molar-refractivity contribution in [2.45, 2.75) is 17.9 Å². The highest BCUT2D eigenvalue weighted by atomic mass is 79.9. The summed E-state index contributed by atoms with van der Waals surface area (Å²) >= 11 is 3.90. The van der Waals surface area contributed by atoms with Crippen LogP contribution in [0.5, 0.6) is 0 Å². The van der Waals surface area contributed by atoms with Crippen molar-refractivity contribution in [3.63, 3.8) is 0 Å². The lowest BCUT2D eigenvalue weighted by atomic mass is 10.2. The molecule has 2 aromatic rings. The van der Waals surface area contributed by atoms with Crippen LogP contribution in [0.25, 0.3) is 0 Å². The Morgan fingerprint density at radius 3 is 2.90 bits per heavy atom. The Bertz CT molecular complexity index is 666. The van der Waals surface area contributed by atoms with Crippen molar-refractivity contribution in [1.29, 1.82) is 0 Å². The van der Waals surface area contributed by atoms with Gasteiger partial charge in [0.05, 0.1) is 11.1 Å². The van der Waals surface area contributed by atoms with E-state index in [1.54, 1.807) is 6.92 Å². The lowest BCUT2D eigenvalue weighted by Crippen LogP contribution is -2.04. The molecule has 0 atom stereocenters. The highest BCUT2D eigenvalue weighted by Crippen LogP contribution is 2.28. The fourth-order valence-corrected chi connectivity index (χ4v) is 2.52. The Morgan fingerprint density at radius 2 is 2.19 bits per heavy atom. The van der Waals surface area contributed by atoms with Crippen LogP contribution in [-0.2, 0) is 10.5 Å². The molecule has 1 aromatic carbocycles. The summed E-state index contributed by atoms with van der Waals surface area (Å²) in [5.41, 5.74) is -0.120. The quantitative estimate of drug-likeness (QED) is 0.450. The van der Waals surface area contributed by atoms with Crippen LogP contribution in [-0.4, -0.2) is 22.8 Å². The number of carbonyl (C=O) groups is 1. The summed E-state index contributed by atoms with van der Waals surface area (Å²) < 4.78 is 37.2. The fraction of sp³-hybridized carbons (Fsp3) is 0.250. The van der Waals surface area contributed by atoms with Gasteiger partial charge in [0.1, 0.15) is 11.6 Å². The second kappa shape index (κ2) is 6.99. The van der Waals surface area contributed by atoms with Gasteiger partial charge in [0.25, 0.3) is 5.22 Å². The molecule has 0 aliphatic rings. The number of halogens is 3. The highest BCUT2D eigenvalue weighted by molar-refractivity contribution is 9.10. The molecule has 0 N–H and O–H groups in total.